The van der Waals surface area contributed by atoms with Crippen molar-refractivity contribution in [1.82, 2.24) is 25.5 Å². The van der Waals surface area contributed by atoms with Crippen LogP contribution in [0.2, 0.25) is 0 Å². The highest BCUT2D eigenvalue weighted by atomic mass is 16.5. The number of carbonyl (C=O) groups excluding carboxylic acids is 1. The molecule has 3 heterocycles. The number of pyridine rings is 1. The number of hydrogen-bond acceptors (Lipinski definition) is 7. The SMILES string of the molecule is C[C@H]1Oc2cccnc2NC(=O)[C@H]1NC(O)c1nnc(Cc2ccccc2)[nH]1. The van der Waals surface area contributed by atoms with Gasteiger partial charge in [-0.2, -0.15) is 0 Å². The lowest BCUT2D eigenvalue weighted by atomic mass is 10.1. The molecule has 4 rings (SSSR count). The van der Waals surface area contributed by atoms with E-state index in [-0.39, 0.29) is 11.7 Å². The van der Waals surface area contributed by atoms with Crippen molar-refractivity contribution in [1.29, 1.82) is 0 Å². The number of fused-ring (bicyclic) bond motifs is 1. The number of hydrogen-bond donors (Lipinski definition) is 4. The van der Waals surface area contributed by atoms with Crippen LogP contribution in [0.4, 0.5) is 5.82 Å². The number of nitrogens with zero attached hydrogens (tertiary/aromatic N) is 3. The number of aliphatic hydroxyl groups excluding tert-OH is 1. The minimum atomic E-state index is -1.21. The summed E-state index contributed by atoms with van der Waals surface area (Å²) in [4.78, 5) is 19.6. The molecule has 3 atom stereocenters. The van der Waals surface area contributed by atoms with Crippen LogP contribution < -0.4 is 15.4 Å². The Hall–Kier alpha value is -3.30. The van der Waals surface area contributed by atoms with Crippen LogP contribution in [-0.2, 0) is 11.2 Å². The van der Waals surface area contributed by atoms with Gasteiger partial charge in [-0.1, -0.05) is 30.3 Å². The second-order valence-corrected chi connectivity index (χ2v) is 6.53. The van der Waals surface area contributed by atoms with E-state index in [0.29, 0.717) is 23.8 Å². The summed E-state index contributed by atoms with van der Waals surface area (Å²) in [6.45, 7) is 1.74. The molecular weight excluding hydrogens is 360 g/mol. The van der Waals surface area contributed by atoms with Crippen LogP contribution in [-0.4, -0.2) is 43.3 Å². The lowest BCUT2D eigenvalue weighted by Gasteiger charge is -2.23. The van der Waals surface area contributed by atoms with Crippen molar-refractivity contribution in [2.45, 2.75) is 31.7 Å². The van der Waals surface area contributed by atoms with Crippen LogP contribution in [0.3, 0.4) is 0 Å². The second kappa shape index (κ2) is 7.75. The molecule has 2 aromatic heterocycles. The summed E-state index contributed by atoms with van der Waals surface area (Å²) in [7, 11) is 0. The Morgan fingerprint density at radius 2 is 2.04 bits per heavy atom. The molecule has 0 fully saturated rings. The number of aromatic amines is 1. The number of H-pyrrole nitrogens is 1. The van der Waals surface area contributed by atoms with Crippen molar-refractivity contribution in [2.24, 2.45) is 0 Å². The third-order valence-corrected chi connectivity index (χ3v) is 4.44. The van der Waals surface area contributed by atoms with Crippen LogP contribution in [0.1, 0.15) is 30.4 Å². The molecule has 1 amide bonds. The molecule has 0 spiro atoms. The monoisotopic (exact) mass is 380 g/mol. The zero-order valence-corrected chi connectivity index (χ0v) is 15.2. The van der Waals surface area contributed by atoms with Gasteiger partial charge in [0.1, 0.15) is 18.0 Å². The van der Waals surface area contributed by atoms with Gasteiger partial charge in [-0.3, -0.25) is 10.1 Å². The average molecular weight is 380 g/mol. The highest BCUT2D eigenvalue weighted by Crippen LogP contribution is 2.26. The van der Waals surface area contributed by atoms with E-state index in [1.165, 1.54) is 0 Å². The molecule has 28 heavy (non-hydrogen) atoms. The van der Waals surface area contributed by atoms with Crippen LogP contribution >= 0.6 is 0 Å². The first-order valence-corrected chi connectivity index (χ1v) is 8.92. The number of rotatable bonds is 5. The van der Waals surface area contributed by atoms with Crippen LogP contribution in [0.25, 0.3) is 0 Å². The fourth-order valence-electron chi connectivity index (χ4n) is 3.02. The van der Waals surface area contributed by atoms with Crippen LogP contribution in [0.5, 0.6) is 5.75 Å². The smallest absolute Gasteiger partial charge is 0.246 e. The van der Waals surface area contributed by atoms with E-state index in [1.807, 2.05) is 30.3 Å². The molecule has 4 N–H and O–H groups in total. The van der Waals surface area contributed by atoms with Gasteiger partial charge in [-0.05, 0) is 24.6 Å². The topological polar surface area (TPSA) is 125 Å². The van der Waals surface area contributed by atoms with Crippen molar-refractivity contribution in [3.05, 3.63) is 65.9 Å². The Morgan fingerprint density at radius 3 is 2.86 bits per heavy atom. The van der Waals surface area contributed by atoms with Gasteiger partial charge in [0.05, 0.1) is 0 Å². The summed E-state index contributed by atoms with van der Waals surface area (Å²) in [5.41, 5.74) is 1.07. The van der Waals surface area contributed by atoms with Gasteiger partial charge in [0, 0.05) is 12.6 Å². The largest absolute Gasteiger partial charge is 0.485 e. The minimum Gasteiger partial charge on any atom is -0.485 e. The van der Waals surface area contributed by atoms with E-state index in [9.17, 15) is 9.90 Å². The number of nitrogens with one attached hydrogen (secondary N) is 3. The van der Waals surface area contributed by atoms with Gasteiger partial charge in [0.15, 0.2) is 23.6 Å². The van der Waals surface area contributed by atoms with Crippen molar-refractivity contribution in [3.63, 3.8) is 0 Å². The average Bonchev–Trinajstić information content (AvgIpc) is 3.12. The molecule has 3 aromatic rings. The second-order valence-electron chi connectivity index (χ2n) is 6.53. The normalized spacial score (nSPS) is 19.9. The van der Waals surface area contributed by atoms with E-state index >= 15 is 0 Å². The molecule has 9 nitrogen and oxygen atoms in total. The lowest BCUT2D eigenvalue weighted by molar-refractivity contribution is -0.121. The lowest BCUT2D eigenvalue weighted by Crippen LogP contribution is -2.50. The maximum absolute atomic E-state index is 12.5. The summed E-state index contributed by atoms with van der Waals surface area (Å²) in [5, 5.41) is 24.1. The molecule has 9 heteroatoms. The molecule has 1 aromatic carbocycles. The number of carbonyl (C=O) groups is 1. The number of ether oxygens (including phenoxy) is 1. The van der Waals surface area contributed by atoms with E-state index in [1.54, 1.807) is 25.3 Å². The predicted molar refractivity (Wildman–Crippen MR) is 100 cm³/mol. The van der Waals surface area contributed by atoms with Gasteiger partial charge in [0.25, 0.3) is 0 Å². The Morgan fingerprint density at radius 1 is 1.21 bits per heavy atom. The molecular formula is C19H20N6O3. The highest BCUT2D eigenvalue weighted by Gasteiger charge is 2.33. The fourth-order valence-corrected chi connectivity index (χ4v) is 3.02. The Balaban J connectivity index is 1.45. The third-order valence-electron chi connectivity index (χ3n) is 4.44. The minimum absolute atomic E-state index is 0.228. The van der Waals surface area contributed by atoms with E-state index in [2.05, 4.69) is 30.8 Å². The molecule has 1 unspecified atom stereocenters. The van der Waals surface area contributed by atoms with Crippen molar-refractivity contribution >= 4 is 11.7 Å². The summed E-state index contributed by atoms with van der Waals surface area (Å²) >= 11 is 0. The zero-order valence-electron chi connectivity index (χ0n) is 15.2. The zero-order chi connectivity index (χ0) is 19.5. The van der Waals surface area contributed by atoms with Gasteiger partial charge in [-0.25, -0.2) is 4.98 Å². The van der Waals surface area contributed by atoms with Gasteiger partial charge >= 0.3 is 0 Å². The molecule has 0 saturated heterocycles. The number of benzene rings is 1. The first-order valence-electron chi connectivity index (χ1n) is 8.92. The molecule has 0 saturated carbocycles. The molecule has 0 radical (unpaired) electrons. The third kappa shape index (κ3) is 3.85. The van der Waals surface area contributed by atoms with Crippen molar-refractivity contribution in [3.8, 4) is 5.75 Å². The van der Waals surface area contributed by atoms with Crippen molar-refractivity contribution < 1.29 is 14.6 Å². The molecule has 1 aliphatic rings. The standard InChI is InChI=1S/C19H20N6O3/c1-11-15(18(26)23-16-13(28-11)8-5-9-20-16)22-19(27)17-21-14(24-25-17)10-12-6-3-2-4-7-12/h2-9,11,15,19,22,27H,10H2,1H3,(H,20,23,26)(H,21,24,25)/t11-,15+,19?/m1/s1. The Bertz CT molecular complexity index is 961. The van der Waals surface area contributed by atoms with Crippen LogP contribution in [0, 0.1) is 0 Å². The summed E-state index contributed by atoms with van der Waals surface area (Å²) in [5.74, 6) is 1.32. The number of aliphatic hydroxyl groups is 1. The van der Waals surface area contributed by atoms with E-state index in [4.69, 9.17) is 4.74 Å². The maximum atomic E-state index is 12.5. The van der Waals surface area contributed by atoms with Gasteiger partial charge < -0.3 is 20.1 Å². The summed E-state index contributed by atoms with van der Waals surface area (Å²) < 4.78 is 5.80. The number of amides is 1. The highest BCUT2D eigenvalue weighted by molar-refractivity contribution is 5.96. The van der Waals surface area contributed by atoms with E-state index in [0.717, 1.165) is 5.56 Å². The fraction of sp³-hybridized carbons (Fsp3) is 0.263. The summed E-state index contributed by atoms with van der Waals surface area (Å²) in [6, 6.07) is 12.4. The Kier molecular flexibility index (Phi) is 5.00. The Labute approximate surface area is 161 Å². The molecule has 144 valence electrons. The quantitative estimate of drug-likeness (QED) is 0.490. The van der Waals surface area contributed by atoms with E-state index < -0.39 is 18.4 Å². The van der Waals surface area contributed by atoms with Gasteiger partial charge in [0.2, 0.25) is 5.91 Å². The number of anilines is 1. The van der Waals surface area contributed by atoms with Crippen LogP contribution in [0.15, 0.2) is 48.7 Å². The predicted octanol–water partition coefficient (Wildman–Crippen LogP) is 1.16. The first kappa shape index (κ1) is 18.1. The first-order chi connectivity index (χ1) is 13.6. The molecule has 0 bridgehead atoms. The molecule has 0 aliphatic carbocycles. The molecule has 1 aliphatic heterocycles. The number of aromatic nitrogens is 4. The summed E-state index contributed by atoms with van der Waals surface area (Å²) in [6.07, 6.45) is 0.378. The van der Waals surface area contributed by atoms with Gasteiger partial charge in [-0.15, -0.1) is 10.2 Å². The van der Waals surface area contributed by atoms with Crippen molar-refractivity contribution in [2.75, 3.05) is 5.32 Å². The maximum Gasteiger partial charge on any atom is 0.246 e.